The second-order valence-corrected chi connectivity index (χ2v) is 19.7. The molecule has 1 N–H and O–H groups in total. The summed E-state index contributed by atoms with van der Waals surface area (Å²) in [6.07, 6.45) is 75.8. The van der Waals surface area contributed by atoms with Gasteiger partial charge >= 0.3 is 0 Å². The molecule has 0 aromatic carbocycles. The van der Waals surface area contributed by atoms with Crippen LogP contribution in [-0.4, -0.2) is 24.2 Å². The van der Waals surface area contributed by atoms with Gasteiger partial charge in [0.05, 0.1) is 12.7 Å². The molecule has 1 aliphatic rings. The van der Waals surface area contributed by atoms with Gasteiger partial charge in [0.25, 0.3) is 0 Å². The summed E-state index contributed by atoms with van der Waals surface area (Å²) in [4.78, 5) is 4.57. The third-order valence-electron chi connectivity index (χ3n) is 14.0. The SMILES string of the molecule is CCCCCCCCCCCCCCCCCCN1C=C[NH+](CCCCCCCCCCCCCCCCCC)C1CCCCCCCCCCCCCCCCC.[Br-]. The van der Waals surface area contributed by atoms with Crippen LogP contribution in [0.5, 0.6) is 0 Å². The highest BCUT2D eigenvalue weighted by atomic mass is 79.9. The van der Waals surface area contributed by atoms with E-state index in [1.54, 1.807) is 4.90 Å². The highest BCUT2D eigenvalue weighted by Crippen LogP contribution is 2.19. The molecule has 1 aliphatic heterocycles. The molecule has 0 radical (unpaired) electrons. The maximum atomic E-state index is 2.79. The standard InChI is InChI=1S/C56H112N2.BrH/c1-4-7-10-13-16-19-22-25-28-31-34-37-40-43-46-49-52-57-54-55-58(53-50-47-44-41-38-35-32-29-26-23-20-17-14-11-8-5-2)56(57)51-48-45-42-39-36-33-30-27-24-21-18-15-12-9-6-3;/h54-56H,4-53H2,1-3H3;1H. The zero-order valence-electron chi connectivity index (χ0n) is 41.4. The van der Waals surface area contributed by atoms with Crippen molar-refractivity contribution in [1.82, 2.24) is 4.90 Å². The van der Waals surface area contributed by atoms with Gasteiger partial charge < -0.3 is 21.9 Å². The van der Waals surface area contributed by atoms with Crippen molar-refractivity contribution in [2.45, 2.75) is 335 Å². The number of hydrogen-bond donors (Lipinski definition) is 1. The summed E-state index contributed by atoms with van der Waals surface area (Å²) in [5.41, 5.74) is 0. The van der Waals surface area contributed by atoms with E-state index in [0.717, 1.165) is 6.17 Å². The summed E-state index contributed by atoms with van der Waals surface area (Å²) in [6, 6.07) is 0. The molecule has 0 fully saturated rings. The van der Waals surface area contributed by atoms with Crippen molar-refractivity contribution >= 4 is 0 Å². The fraction of sp³-hybridized carbons (Fsp3) is 0.964. The zero-order valence-corrected chi connectivity index (χ0v) is 43.0. The van der Waals surface area contributed by atoms with Gasteiger partial charge in [-0.3, -0.25) is 4.90 Å². The van der Waals surface area contributed by atoms with Gasteiger partial charge in [0.1, 0.15) is 6.20 Å². The molecule has 1 rings (SSSR count). The first-order chi connectivity index (χ1) is 28.8. The van der Waals surface area contributed by atoms with E-state index >= 15 is 0 Å². The molecular formula is C56H113BrN2. The minimum atomic E-state index is 0. The smallest absolute Gasteiger partial charge is 0.167 e. The van der Waals surface area contributed by atoms with Gasteiger partial charge in [-0.15, -0.1) is 0 Å². The fourth-order valence-electron chi connectivity index (χ4n) is 9.88. The van der Waals surface area contributed by atoms with E-state index in [1.807, 2.05) is 0 Å². The third-order valence-corrected chi connectivity index (χ3v) is 14.0. The summed E-state index contributed by atoms with van der Waals surface area (Å²) in [6.45, 7) is 9.61. The third kappa shape index (κ3) is 41.7. The van der Waals surface area contributed by atoms with E-state index in [4.69, 9.17) is 0 Å². The molecule has 1 heterocycles. The number of rotatable bonds is 50. The van der Waals surface area contributed by atoms with Crippen LogP contribution >= 0.6 is 0 Å². The molecule has 0 aromatic heterocycles. The lowest BCUT2D eigenvalue weighted by atomic mass is 10.0. The first-order valence-corrected chi connectivity index (χ1v) is 28.1. The van der Waals surface area contributed by atoms with E-state index in [1.165, 1.54) is 321 Å². The highest BCUT2D eigenvalue weighted by Gasteiger charge is 2.29. The second kappa shape index (κ2) is 50.6. The van der Waals surface area contributed by atoms with Crippen LogP contribution < -0.4 is 21.9 Å². The lowest BCUT2D eigenvalue weighted by Gasteiger charge is -2.28. The fourth-order valence-corrected chi connectivity index (χ4v) is 9.88. The molecule has 0 spiro atoms. The van der Waals surface area contributed by atoms with Gasteiger partial charge in [-0.25, -0.2) is 0 Å². The van der Waals surface area contributed by atoms with Crippen LogP contribution in [0.25, 0.3) is 0 Å². The van der Waals surface area contributed by atoms with Crippen LogP contribution in [0.2, 0.25) is 0 Å². The molecule has 2 atom stereocenters. The first kappa shape index (κ1) is 59.0. The molecule has 0 saturated heterocycles. The maximum absolute atomic E-state index is 2.79. The minimum absolute atomic E-state index is 0. The van der Waals surface area contributed by atoms with Crippen molar-refractivity contribution in [2.24, 2.45) is 0 Å². The molecule has 0 amide bonds. The monoisotopic (exact) mass is 893 g/mol. The van der Waals surface area contributed by atoms with Gasteiger partial charge in [-0.05, 0) is 25.7 Å². The van der Waals surface area contributed by atoms with Gasteiger partial charge in [0, 0.05) is 13.0 Å². The lowest BCUT2D eigenvalue weighted by Crippen LogP contribution is -3.11. The molecule has 354 valence electrons. The van der Waals surface area contributed by atoms with Crippen molar-refractivity contribution in [1.29, 1.82) is 0 Å². The van der Waals surface area contributed by atoms with Gasteiger partial charge in [0.15, 0.2) is 6.17 Å². The Morgan fingerprint density at radius 1 is 0.305 bits per heavy atom. The average Bonchev–Trinajstić information content (AvgIpc) is 3.62. The molecule has 0 aliphatic carbocycles. The van der Waals surface area contributed by atoms with Crippen LogP contribution in [0.3, 0.4) is 0 Å². The Kier molecular flexibility index (Phi) is 50.6. The predicted octanol–water partition coefficient (Wildman–Crippen LogP) is 15.8. The number of unbranched alkanes of at least 4 members (excludes halogenated alkanes) is 44. The summed E-state index contributed by atoms with van der Waals surface area (Å²) < 4.78 is 0. The number of nitrogens with one attached hydrogen (secondary N) is 1. The van der Waals surface area contributed by atoms with E-state index in [0.29, 0.717) is 0 Å². The van der Waals surface area contributed by atoms with Crippen LogP contribution in [0, 0.1) is 0 Å². The molecular weight excluding hydrogens is 781 g/mol. The zero-order chi connectivity index (χ0) is 41.5. The Labute approximate surface area is 385 Å². The Morgan fingerprint density at radius 2 is 0.542 bits per heavy atom. The Morgan fingerprint density at radius 3 is 0.831 bits per heavy atom. The molecule has 59 heavy (non-hydrogen) atoms. The van der Waals surface area contributed by atoms with Gasteiger partial charge in [-0.2, -0.15) is 0 Å². The van der Waals surface area contributed by atoms with Crippen LogP contribution in [0.1, 0.15) is 329 Å². The highest BCUT2D eigenvalue weighted by molar-refractivity contribution is 4.84. The largest absolute Gasteiger partial charge is 1.00 e. The molecule has 3 heteroatoms. The summed E-state index contributed by atoms with van der Waals surface area (Å²) >= 11 is 0. The van der Waals surface area contributed by atoms with Crippen molar-refractivity contribution in [3.8, 4) is 0 Å². The second-order valence-electron chi connectivity index (χ2n) is 19.7. The molecule has 0 aromatic rings. The van der Waals surface area contributed by atoms with Crippen LogP contribution in [0.4, 0.5) is 0 Å². The first-order valence-electron chi connectivity index (χ1n) is 28.1. The van der Waals surface area contributed by atoms with E-state index in [-0.39, 0.29) is 17.0 Å². The molecule has 0 bridgehead atoms. The Balaban J connectivity index is 0.0000336. The van der Waals surface area contributed by atoms with E-state index in [9.17, 15) is 0 Å². The normalized spacial score (nSPS) is 15.1. The summed E-state index contributed by atoms with van der Waals surface area (Å²) in [7, 11) is 0. The van der Waals surface area contributed by atoms with Crippen molar-refractivity contribution < 1.29 is 21.9 Å². The molecule has 2 nitrogen and oxygen atoms in total. The maximum Gasteiger partial charge on any atom is 0.167 e. The number of halogens is 1. The summed E-state index contributed by atoms with van der Waals surface area (Å²) in [5.74, 6) is 0. The van der Waals surface area contributed by atoms with Gasteiger partial charge in [-0.1, -0.05) is 297 Å². The predicted molar refractivity (Wildman–Crippen MR) is 264 cm³/mol. The lowest BCUT2D eigenvalue weighted by molar-refractivity contribution is -0.878. The number of hydrogen-bond acceptors (Lipinski definition) is 1. The minimum Gasteiger partial charge on any atom is -1.00 e. The number of nitrogens with zero attached hydrogens (tertiary/aromatic N) is 1. The van der Waals surface area contributed by atoms with Crippen molar-refractivity contribution in [3.63, 3.8) is 0 Å². The molecule has 0 saturated carbocycles. The Bertz CT molecular complexity index is 738. The van der Waals surface area contributed by atoms with E-state index < -0.39 is 0 Å². The average molecular weight is 894 g/mol. The van der Waals surface area contributed by atoms with Crippen molar-refractivity contribution in [3.05, 3.63) is 12.4 Å². The van der Waals surface area contributed by atoms with Gasteiger partial charge in [0.2, 0.25) is 0 Å². The van der Waals surface area contributed by atoms with Crippen LogP contribution in [-0.2, 0) is 0 Å². The number of quaternary nitrogens is 1. The molecule has 2 unspecified atom stereocenters. The van der Waals surface area contributed by atoms with E-state index in [2.05, 4.69) is 38.1 Å². The van der Waals surface area contributed by atoms with Crippen molar-refractivity contribution in [2.75, 3.05) is 13.1 Å². The quantitative estimate of drug-likeness (QED) is 0.0598. The summed E-state index contributed by atoms with van der Waals surface area (Å²) in [5, 5.41) is 0. The Hall–Kier alpha value is -0.0200. The topological polar surface area (TPSA) is 7.68 Å². The van der Waals surface area contributed by atoms with Crippen LogP contribution in [0.15, 0.2) is 12.4 Å².